The summed E-state index contributed by atoms with van der Waals surface area (Å²) < 4.78 is 10.5. The average molecular weight is 316 g/mol. The zero-order valence-corrected chi connectivity index (χ0v) is 14.7. The summed E-state index contributed by atoms with van der Waals surface area (Å²) in [6.07, 6.45) is 5.55. The molecule has 0 saturated heterocycles. The first-order chi connectivity index (χ1) is 9.88. The number of esters is 1. The van der Waals surface area contributed by atoms with Crippen LogP contribution in [0.2, 0.25) is 0 Å². The van der Waals surface area contributed by atoms with Crippen LogP contribution in [-0.4, -0.2) is 42.6 Å². The molecule has 3 atom stereocenters. The maximum absolute atomic E-state index is 11.4. The van der Waals surface area contributed by atoms with E-state index in [1.165, 1.54) is 7.11 Å². The molecule has 0 aromatic heterocycles. The fraction of sp³-hybridized carbons (Fsp3) is 0.688. The van der Waals surface area contributed by atoms with E-state index < -0.39 is 6.10 Å². The molecule has 0 bridgehead atoms. The third-order valence-electron chi connectivity index (χ3n) is 3.57. The summed E-state index contributed by atoms with van der Waals surface area (Å²) in [5.41, 5.74) is 1.48. The highest BCUT2D eigenvalue weighted by molar-refractivity contribution is 7.98. The van der Waals surface area contributed by atoms with Crippen LogP contribution in [0, 0.1) is 5.92 Å². The lowest BCUT2D eigenvalue weighted by Crippen LogP contribution is -2.32. The normalized spacial score (nSPS) is 17.3. The van der Waals surface area contributed by atoms with Gasteiger partial charge in [0.15, 0.2) is 0 Å². The van der Waals surface area contributed by atoms with E-state index in [-0.39, 0.29) is 18.0 Å². The van der Waals surface area contributed by atoms with Crippen molar-refractivity contribution >= 4 is 17.7 Å². The number of hydrogen-bond acceptors (Lipinski definition) is 5. The van der Waals surface area contributed by atoms with Crippen LogP contribution in [0.15, 0.2) is 23.3 Å². The molecule has 0 rings (SSSR count). The van der Waals surface area contributed by atoms with Gasteiger partial charge in [0.05, 0.1) is 25.3 Å². The zero-order valence-electron chi connectivity index (χ0n) is 13.9. The molecule has 0 aromatic carbocycles. The molecule has 0 aliphatic rings. The summed E-state index contributed by atoms with van der Waals surface area (Å²) in [6.45, 7) is 7.49. The largest absolute Gasteiger partial charge is 0.466 e. The molecule has 5 heteroatoms. The fourth-order valence-electron chi connectivity index (χ4n) is 1.92. The Morgan fingerprint density at radius 2 is 2.00 bits per heavy atom. The number of allylic oxidation sites excluding steroid dienone is 1. The molecular formula is C16H28O4S. The van der Waals surface area contributed by atoms with Crippen molar-refractivity contribution in [1.29, 1.82) is 0 Å². The highest BCUT2D eigenvalue weighted by atomic mass is 32.2. The SMILES string of the molecule is C/C=C(\C)[C@H](O)[C@@H](C)[C@@H](C/C=C(\C)C(=O)OC)OCSC. The van der Waals surface area contributed by atoms with Gasteiger partial charge in [-0.1, -0.05) is 19.1 Å². The first-order valence-electron chi connectivity index (χ1n) is 7.05. The predicted molar refractivity (Wildman–Crippen MR) is 88.2 cm³/mol. The summed E-state index contributed by atoms with van der Waals surface area (Å²) in [5.74, 6) is 0.161. The molecule has 0 saturated carbocycles. The number of carbonyl (C=O) groups excluding carboxylic acids is 1. The minimum atomic E-state index is -0.548. The highest BCUT2D eigenvalue weighted by Gasteiger charge is 2.25. The van der Waals surface area contributed by atoms with Crippen LogP contribution < -0.4 is 0 Å². The maximum atomic E-state index is 11.4. The third kappa shape index (κ3) is 7.16. The van der Waals surface area contributed by atoms with Gasteiger partial charge in [0.25, 0.3) is 0 Å². The lowest BCUT2D eigenvalue weighted by atomic mass is 9.90. The first kappa shape index (κ1) is 20.2. The molecule has 0 fully saturated rings. The van der Waals surface area contributed by atoms with Crippen LogP contribution in [0.1, 0.15) is 34.1 Å². The van der Waals surface area contributed by atoms with E-state index >= 15 is 0 Å². The fourth-order valence-corrected chi connectivity index (χ4v) is 2.23. The van der Waals surface area contributed by atoms with Crippen LogP contribution in [0.25, 0.3) is 0 Å². The van der Waals surface area contributed by atoms with E-state index in [0.29, 0.717) is 17.9 Å². The zero-order chi connectivity index (χ0) is 16.4. The van der Waals surface area contributed by atoms with Crippen molar-refractivity contribution in [2.24, 2.45) is 5.92 Å². The van der Waals surface area contributed by atoms with Crippen molar-refractivity contribution in [3.63, 3.8) is 0 Å². The number of hydrogen-bond donors (Lipinski definition) is 1. The molecule has 0 radical (unpaired) electrons. The van der Waals surface area contributed by atoms with Crippen LogP contribution >= 0.6 is 11.8 Å². The van der Waals surface area contributed by atoms with Gasteiger partial charge >= 0.3 is 5.97 Å². The Labute approximate surface area is 132 Å². The monoisotopic (exact) mass is 316 g/mol. The van der Waals surface area contributed by atoms with E-state index in [1.54, 1.807) is 18.7 Å². The minimum absolute atomic E-state index is 0.0601. The van der Waals surface area contributed by atoms with E-state index in [9.17, 15) is 9.90 Å². The van der Waals surface area contributed by atoms with Gasteiger partial charge in [-0.2, -0.15) is 0 Å². The van der Waals surface area contributed by atoms with E-state index in [0.717, 1.165) is 5.57 Å². The molecule has 0 heterocycles. The Morgan fingerprint density at radius 3 is 2.48 bits per heavy atom. The maximum Gasteiger partial charge on any atom is 0.333 e. The Morgan fingerprint density at radius 1 is 1.38 bits per heavy atom. The van der Waals surface area contributed by atoms with Crippen molar-refractivity contribution in [2.45, 2.75) is 46.3 Å². The van der Waals surface area contributed by atoms with Crippen molar-refractivity contribution in [2.75, 3.05) is 19.3 Å². The minimum Gasteiger partial charge on any atom is -0.466 e. The molecule has 0 unspecified atom stereocenters. The van der Waals surface area contributed by atoms with Crippen molar-refractivity contribution in [3.05, 3.63) is 23.3 Å². The number of aliphatic hydroxyl groups excluding tert-OH is 1. The van der Waals surface area contributed by atoms with Gasteiger partial charge in [-0.25, -0.2) is 4.79 Å². The summed E-state index contributed by atoms with van der Waals surface area (Å²) in [4.78, 5) is 11.4. The second-order valence-corrected chi connectivity index (χ2v) is 5.88. The second-order valence-electron chi connectivity index (χ2n) is 5.06. The van der Waals surface area contributed by atoms with Gasteiger partial charge in [0.1, 0.15) is 0 Å². The molecule has 21 heavy (non-hydrogen) atoms. The molecule has 0 aliphatic carbocycles. The van der Waals surface area contributed by atoms with Crippen molar-refractivity contribution in [3.8, 4) is 0 Å². The Hall–Kier alpha value is -0.780. The quantitative estimate of drug-likeness (QED) is 0.306. The number of aliphatic hydroxyl groups is 1. The molecule has 0 spiro atoms. The number of rotatable bonds is 9. The van der Waals surface area contributed by atoms with Gasteiger partial charge < -0.3 is 14.6 Å². The molecule has 0 aromatic rings. The van der Waals surface area contributed by atoms with Gasteiger partial charge in [-0.05, 0) is 39.0 Å². The smallest absolute Gasteiger partial charge is 0.333 e. The van der Waals surface area contributed by atoms with E-state index in [1.807, 2.05) is 39.2 Å². The number of ether oxygens (including phenoxy) is 2. The van der Waals surface area contributed by atoms with Crippen molar-refractivity contribution in [1.82, 2.24) is 0 Å². The Balaban J connectivity index is 4.90. The Kier molecular flexibility index (Phi) is 10.5. The standard InChI is InChI=1S/C16H28O4S/c1-7-11(2)15(17)13(4)14(20-10-21-6)9-8-12(3)16(18)19-5/h7-8,13-15,17H,9-10H2,1-6H3/b11-7+,12-8+/t13-,14+,15-/m0/s1. The van der Waals surface area contributed by atoms with Crippen LogP contribution in [-0.2, 0) is 14.3 Å². The van der Waals surface area contributed by atoms with E-state index in [4.69, 9.17) is 4.74 Å². The summed E-state index contributed by atoms with van der Waals surface area (Å²) in [6, 6.07) is 0. The highest BCUT2D eigenvalue weighted by Crippen LogP contribution is 2.22. The average Bonchev–Trinajstić information content (AvgIpc) is 2.51. The molecule has 0 amide bonds. The summed E-state index contributed by atoms with van der Waals surface area (Å²) in [5, 5.41) is 10.3. The number of carbonyl (C=O) groups is 1. The van der Waals surface area contributed by atoms with Gasteiger partial charge in [-0.15, -0.1) is 11.8 Å². The molecular weight excluding hydrogens is 288 g/mol. The Bertz CT molecular complexity index is 376. The van der Waals surface area contributed by atoms with E-state index in [2.05, 4.69) is 4.74 Å². The molecule has 122 valence electrons. The molecule has 4 nitrogen and oxygen atoms in total. The topological polar surface area (TPSA) is 55.8 Å². The van der Waals surface area contributed by atoms with Crippen LogP contribution in [0.4, 0.5) is 0 Å². The van der Waals surface area contributed by atoms with Gasteiger partial charge in [0, 0.05) is 11.5 Å². The predicted octanol–water partition coefficient (Wildman–Crippen LogP) is 3.16. The third-order valence-corrected chi connectivity index (χ3v) is 3.94. The first-order valence-corrected chi connectivity index (χ1v) is 8.44. The van der Waals surface area contributed by atoms with Crippen molar-refractivity contribution < 1.29 is 19.4 Å². The van der Waals surface area contributed by atoms with Gasteiger partial charge in [0.2, 0.25) is 0 Å². The lowest BCUT2D eigenvalue weighted by Gasteiger charge is -2.28. The van der Waals surface area contributed by atoms with Crippen LogP contribution in [0.3, 0.4) is 0 Å². The second kappa shape index (κ2) is 10.9. The number of methoxy groups -OCH3 is 1. The summed E-state index contributed by atoms with van der Waals surface area (Å²) >= 11 is 1.59. The van der Waals surface area contributed by atoms with Gasteiger partial charge in [-0.3, -0.25) is 0 Å². The summed E-state index contributed by atoms with van der Waals surface area (Å²) in [7, 11) is 1.36. The molecule has 0 aliphatic heterocycles. The number of thioether (sulfide) groups is 1. The molecule has 1 N–H and O–H groups in total. The lowest BCUT2D eigenvalue weighted by molar-refractivity contribution is -0.136. The van der Waals surface area contributed by atoms with Crippen LogP contribution in [0.5, 0.6) is 0 Å².